The summed E-state index contributed by atoms with van der Waals surface area (Å²) >= 11 is 1.36. The zero-order chi connectivity index (χ0) is 25.0. The van der Waals surface area contributed by atoms with E-state index in [-0.39, 0.29) is 12.5 Å². The second-order valence-corrected chi connectivity index (χ2v) is 10.4. The van der Waals surface area contributed by atoms with E-state index in [0.29, 0.717) is 17.7 Å². The van der Waals surface area contributed by atoms with E-state index in [1.54, 1.807) is 26.8 Å². The quantitative estimate of drug-likeness (QED) is 0.425. The molecule has 3 aromatic rings. The number of rotatable bonds is 7. The number of amides is 1. The van der Waals surface area contributed by atoms with Gasteiger partial charge in [0.2, 0.25) is 0 Å². The number of benzene rings is 2. The highest BCUT2D eigenvalue weighted by Gasteiger charge is 2.31. The summed E-state index contributed by atoms with van der Waals surface area (Å²) < 4.78 is 11.2. The van der Waals surface area contributed by atoms with Gasteiger partial charge in [-0.2, -0.15) is 5.26 Å². The van der Waals surface area contributed by atoms with Gasteiger partial charge in [-0.15, -0.1) is 11.3 Å². The number of nitrogens with one attached hydrogen (secondary N) is 1. The van der Waals surface area contributed by atoms with Crippen LogP contribution in [-0.2, 0) is 20.7 Å². The lowest BCUT2D eigenvalue weighted by Gasteiger charge is -2.24. The molecule has 0 fully saturated rings. The van der Waals surface area contributed by atoms with Crippen LogP contribution in [0.1, 0.15) is 54.7 Å². The average molecular weight is 489 g/mol. The molecule has 2 aromatic carbocycles. The number of carbonyl (C=O) groups excluding carboxylic acids is 2. The highest BCUT2D eigenvalue weighted by Crippen LogP contribution is 2.44. The number of aryl methyl sites for hydroxylation is 1. The Morgan fingerprint density at radius 2 is 1.71 bits per heavy atom. The van der Waals surface area contributed by atoms with Crippen LogP contribution in [0, 0.1) is 11.3 Å². The third kappa shape index (κ3) is 5.90. The summed E-state index contributed by atoms with van der Waals surface area (Å²) in [6.07, 6.45) is 0.192. The zero-order valence-electron chi connectivity index (χ0n) is 20.0. The van der Waals surface area contributed by atoms with Crippen LogP contribution in [0.15, 0.2) is 60.0 Å². The molecule has 6 nitrogen and oxygen atoms in total. The first-order chi connectivity index (χ1) is 16.7. The number of ether oxygens (including phenoxy) is 2. The van der Waals surface area contributed by atoms with Crippen molar-refractivity contribution >= 4 is 23.4 Å². The van der Waals surface area contributed by atoms with Gasteiger partial charge in [0, 0.05) is 5.92 Å². The van der Waals surface area contributed by atoms with Crippen molar-refractivity contribution < 1.29 is 19.1 Å². The van der Waals surface area contributed by atoms with E-state index in [1.807, 2.05) is 29.6 Å². The van der Waals surface area contributed by atoms with Gasteiger partial charge in [0.05, 0.1) is 0 Å². The van der Waals surface area contributed by atoms with Gasteiger partial charge in [-0.05, 0) is 72.9 Å². The molecule has 0 unspecified atom stereocenters. The summed E-state index contributed by atoms with van der Waals surface area (Å²) in [7, 11) is 0. The molecule has 1 aliphatic rings. The lowest BCUT2D eigenvalue weighted by Crippen LogP contribution is -2.44. The van der Waals surface area contributed by atoms with E-state index < -0.39 is 23.7 Å². The standard InChI is InChI=1S/C28H28N2O4S/c1-28(2,3)34-26(31)25(13-12-18-14-19(15-29)35-17-18)30-27(32)33-16-24-22-10-6-4-8-20(22)21-9-5-7-11-23(21)24/h4-11,14,17,24-25H,12-13,16H2,1-3H3,(H,30,32)/t25-/m0/s1. The Kier molecular flexibility index (Phi) is 7.23. The molecule has 0 saturated carbocycles. The Bertz CT molecular complexity index is 1220. The topological polar surface area (TPSA) is 88.4 Å². The van der Waals surface area contributed by atoms with E-state index in [0.717, 1.165) is 27.8 Å². The molecule has 35 heavy (non-hydrogen) atoms. The Labute approximate surface area is 209 Å². The van der Waals surface area contributed by atoms with Gasteiger partial charge < -0.3 is 14.8 Å². The van der Waals surface area contributed by atoms with Crippen LogP contribution < -0.4 is 5.32 Å². The second-order valence-electron chi connectivity index (χ2n) is 9.53. The molecule has 4 rings (SSSR count). The molecule has 1 N–H and O–H groups in total. The highest BCUT2D eigenvalue weighted by molar-refractivity contribution is 7.10. The largest absolute Gasteiger partial charge is 0.458 e. The predicted molar refractivity (Wildman–Crippen MR) is 135 cm³/mol. The fourth-order valence-electron chi connectivity index (χ4n) is 4.28. The molecule has 180 valence electrons. The van der Waals surface area contributed by atoms with Gasteiger partial charge >= 0.3 is 12.1 Å². The maximum Gasteiger partial charge on any atom is 0.407 e. The molecule has 0 spiro atoms. The van der Waals surface area contributed by atoms with Gasteiger partial charge in [0.1, 0.15) is 29.2 Å². The number of hydrogen-bond acceptors (Lipinski definition) is 6. The molecule has 1 amide bonds. The Morgan fingerprint density at radius 1 is 1.09 bits per heavy atom. The van der Waals surface area contributed by atoms with Crippen LogP contribution in [0.3, 0.4) is 0 Å². The highest BCUT2D eigenvalue weighted by atomic mass is 32.1. The number of nitrogens with zero attached hydrogens (tertiary/aromatic N) is 1. The monoisotopic (exact) mass is 488 g/mol. The molecular formula is C28H28N2O4S. The van der Waals surface area contributed by atoms with Crippen molar-refractivity contribution in [1.29, 1.82) is 5.26 Å². The number of carbonyl (C=O) groups is 2. The minimum absolute atomic E-state index is 0.0664. The summed E-state index contributed by atoms with van der Waals surface area (Å²) in [5, 5.41) is 13.6. The van der Waals surface area contributed by atoms with E-state index in [1.165, 1.54) is 11.3 Å². The van der Waals surface area contributed by atoms with E-state index in [4.69, 9.17) is 14.7 Å². The normalized spacial score (nSPS) is 13.3. The Morgan fingerprint density at radius 3 is 2.29 bits per heavy atom. The number of fused-ring (bicyclic) bond motifs is 3. The van der Waals surface area contributed by atoms with Crippen LogP contribution >= 0.6 is 11.3 Å². The fourth-order valence-corrected chi connectivity index (χ4v) is 5.02. The van der Waals surface area contributed by atoms with Crippen molar-refractivity contribution in [3.63, 3.8) is 0 Å². The van der Waals surface area contributed by atoms with E-state index >= 15 is 0 Å². The molecule has 1 aliphatic carbocycles. The second kappa shape index (κ2) is 10.3. The zero-order valence-corrected chi connectivity index (χ0v) is 20.9. The SMILES string of the molecule is CC(C)(C)OC(=O)[C@H](CCc1csc(C#N)c1)NC(=O)OCC1c2ccccc2-c2ccccc21. The molecule has 0 bridgehead atoms. The summed E-state index contributed by atoms with van der Waals surface area (Å²) in [5.74, 6) is -0.579. The molecule has 1 heterocycles. The minimum Gasteiger partial charge on any atom is -0.458 e. The molecule has 0 aliphatic heterocycles. The summed E-state index contributed by atoms with van der Waals surface area (Å²) in [4.78, 5) is 26.2. The number of esters is 1. The van der Waals surface area contributed by atoms with Crippen molar-refractivity contribution in [3.8, 4) is 17.2 Å². The first-order valence-electron chi connectivity index (χ1n) is 11.6. The summed E-state index contributed by atoms with van der Waals surface area (Å²) in [5.41, 5.74) is 4.79. The smallest absolute Gasteiger partial charge is 0.407 e. The number of thiophene rings is 1. The van der Waals surface area contributed by atoms with Gasteiger partial charge in [-0.3, -0.25) is 0 Å². The van der Waals surface area contributed by atoms with Crippen LogP contribution in [-0.4, -0.2) is 30.3 Å². The number of nitriles is 1. The first kappa shape index (κ1) is 24.5. The maximum atomic E-state index is 12.8. The molecule has 1 atom stereocenters. The van der Waals surface area contributed by atoms with Crippen molar-refractivity contribution in [2.24, 2.45) is 0 Å². The van der Waals surface area contributed by atoms with Gasteiger partial charge in [0.15, 0.2) is 0 Å². The van der Waals surface area contributed by atoms with Crippen molar-refractivity contribution in [1.82, 2.24) is 5.32 Å². The van der Waals surface area contributed by atoms with Crippen LogP contribution in [0.4, 0.5) is 4.79 Å². The molecule has 0 radical (unpaired) electrons. The Balaban J connectivity index is 1.43. The van der Waals surface area contributed by atoms with E-state index in [2.05, 4.69) is 35.7 Å². The number of alkyl carbamates (subject to hydrolysis) is 1. The average Bonchev–Trinajstić information content (AvgIpc) is 3.41. The molecule has 1 aromatic heterocycles. The fraction of sp³-hybridized carbons (Fsp3) is 0.321. The first-order valence-corrected chi connectivity index (χ1v) is 12.4. The van der Waals surface area contributed by atoms with Crippen molar-refractivity contribution in [2.45, 2.75) is 51.2 Å². The summed E-state index contributed by atoms with van der Waals surface area (Å²) in [6, 6.07) is 19.3. The lowest BCUT2D eigenvalue weighted by atomic mass is 9.98. The molecular weight excluding hydrogens is 460 g/mol. The predicted octanol–water partition coefficient (Wildman–Crippen LogP) is 5.80. The van der Waals surface area contributed by atoms with Crippen molar-refractivity contribution in [2.75, 3.05) is 6.61 Å². The van der Waals surface area contributed by atoms with Crippen LogP contribution in [0.2, 0.25) is 0 Å². The van der Waals surface area contributed by atoms with Crippen LogP contribution in [0.5, 0.6) is 0 Å². The Hall–Kier alpha value is -3.63. The maximum absolute atomic E-state index is 12.8. The lowest BCUT2D eigenvalue weighted by molar-refractivity contribution is -0.157. The minimum atomic E-state index is -0.865. The third-order valence-corrected chi connectivity index (χ3v) is 6.70. The van der Waals surface area contributed by atoms with E-state index in [9.17, 15) is 9.59 Å². The number of hydrogen-bond donors (Lipinski definition) is 1. The van der Waals surface area contributed by atoms with Gasteiger partial charge in [-0.25, -0.2) is 9.59 Å². The molecule has 7 heteroatoms. The summed E-state index contributed by atoms with van der Waals surface area (Å²) in [6.45, 7) is 5.52. The molecule has 0 saturated heterocycles. The van der Waals surface area contributed by atoms with Gasteiger partial charge in [-0.1, -0.05) is 48.5 Å². The van der Waals surface area contributed by atoms with Crippen molar-refractivity contribution in [3.05, 3.63) is 81.5 Å². The third-order valence-electron chi connectivity index (χ3n) is 5.81. The van der Waals surface area contributed by atoms with Gasteiger partial charge in [0.25, 0.3) is 0 Å². The van der Waals surface area contributed by atoms with Crippen LogP contribution in [0.25, 0.3) is 11.1 Å².